The second-order valence-electron chi connectivity index (χ2n) is 15.8. The fourth-order valence-electron chi connectivity index (χ4n) is 7.08. The average Bonchev–Trinajstić information content (AvgIpc) is 3.16. The van der Waals surface area contributed by atoms with Gasteiger partial charge in [-0.3, -0.25) is 9.11 Å². The number of unbranched alkanes of at least 4 members (excludes halogenated alkanes) is 26. The minimum absolute atomic E-state index is 0.161. The Hall–Kier alpha value is -0.500. The maximum atomic E-state index is 11.6. The molecule has 1 aliphatic heterocycles. The van der Waals surface area contributed by atoms with E-state index in [-0.39, 0.29) is 13.2 Å². The highest BCUT2D eigenvalue weighted by Crippen LogP contribution is 2.27. The molecule has 6 atom stereocenters. The Morgan fingerprint density at radius 3 is 1.33 bits per heavy atom. The van der Waals surface area contributed by atoms with Gasteiger partial charge in [0, 0.05) is 13.2 Å². The Kier molecular flexibility index (Phi) is 33.6. The summed E-state index contributed by atoms with van der Waals surface area (Å²) in [7, 11) is -10.1. The van der Waals surface area contributed by atoms with Crippen LogP contribution in [0.1, 0.15) is 194 Å². The molecule has 342 valence electrons. The van der Waals surface area contributed by atoms with E-state index in [0.29, 0.717) is 13.2 Å². The first kappa shape index (κ1) is 54.5. The van der Waals surface area contributed by atoms with Crippen LogP contribution in [0.4, 0.5) is 0 Å². The first-order chi connectivity index (χ1) is 27.4. The first-order valence-electron chi connectivity index (χ1n) is 22.5. The van der Waals surface area contributed by atoms with E-state index in [4.69, 9.17) is 23.5 Å². The molecule has 1 fully saturated rings. The lowest BCUT2D eigenvalue weighted by Crippen LogP contribution is -2.61. The van der Waals surface area contributed by atoms with Gasteiger partial charge in [-0.15, -0.1) is 0 Å². The number of ether oxygens (including phenoxy) is 4. The Morgan fingerprint density at radius 1 is 0.526 bits per heavy atom. The SMILES string of the molecule is CCCCCCCCCCCCCCCCOC[C@H](CO[C@@H]1O[C@H](COS(=O)(=O)O)[C@H](O)[C@H](O)[C@H]1OS(=O)(=O)O)OCCCCCCCCCCCCCCCC. The van der Waals surface area contributed by atoms with Crippen LogP contribution in [-0.4, -0.2) is 106 Å². The van der Waals surface area contributed by atoms with Crippen LogP contribution in [0.15, 0.2) is 0 Å². The van der Waals surface area contributed by atoms with Crippen molar-refractivity contribution in [3.63, 3.8) is 0 Å². The van der Waals surface area contributed by atoms with Crippen molar-refractivity contribution in [1.29, 1.82) is 0 Å². The smallest absolute Gasteiger partial charge is 0.387 e. The molecular weight excluding hydrogens is 781 g/mol. The maximum absolute atomic E-state index is 11.6. The van der Waals surface area contributed by atoms with Crippen molar-refractivity contribution in [2.75, 3.05) is 33.0 Å². The summed E-state index contributed by atoms with van der Waals surface area (Å²) >= 11 is 0. The predicted octanol–water partition coefficient (Wildman–Crippen LogP) is 8.82. The first-order valence-corrected chi connectivity index (χ1v) is 25.2. The fraction of sp³-hybridized carbons (Fsp3) is 1.00. The summed E-state index contributed by atoms with van der Waals surface area (Å²) in [6.45, 7) is 4.47. The minimum Gasteiger partial charge on any atom is -0.387 e. The summed E-state index contributed by atoms with van der Waals surface area (Å²) in [5.41, 5.74) is 0. The largest absolute Gasteiger partial charge is 0.397 e. The van der Waals surface area contributed by atoms with E-state index in [0.717, 1.165) is 38.5 Å². The third-order valence-electron chi connectivity index (χ3n) is 10.5. The molecule has 1 heterocycles. The van der Waals surface area contributed by atoms with Crippen LogP contribution in [-0.2, 0) is 48.1 Å². The van der Waals surface area contributed by atoms with Gasteiger partial charge in [-0.1, -0.05) is 181 Å². The normalized spacial score (nSPS) is 21.0. The van der Waals surface area contributed by atoms with Crippen LogP contribution in [0.2, 0.25) is 0 Å². The van der Waals surface area contributed by atoms with Gasteiger partial charge < -0.3 is 29.2 Å². The fourth-order valence-corrected chi connectivity index (χ4v) is 7.87. The molecule has 1 aliphatic rings. The Labute approximate surface area is 346 Å². The van der Waals surface area contributed by atoms with E-state index in [2.05, 4.69) is 22.2 Å². The quantitative estimate of drug-likeness (QED) is 0.0335. The molecule has 57 heavy (non-hydrogen) atoms. The molecule has 0 amide bonds. The van der Waals surface area contributed by atoms with Gasteiger partial charge in [-0.05, 0) is 12.8 Å². The highest BCUT2D eigenvalue weighted by Gasteiger charge is 2.48. The van der Waals surface area contributed by atoms with Crippen LogP contribution < -0.4 is 0 Å². The predicted molar refractivity (Wildman–Crippen MR) is 222 cm³/mol. The molecular formula is C41H82O14S2. The van der Waals surface area contributed by atoms with E-state index in [1.807, 2.05) is 0 Å². The molecule has 14 nitrogen and oxygen atoms in total. The molecule has 0 unspecified atom stereocenters. The third-order valence-corrected chi connectivity index (χ3v) is 11.4. The summed E-state index contributed by atoms with van der Waals surface area (Å²) in [6, 6.07) is 0. The van der Waals surface area contributed by atoms with Gasteiger partial charge in [0.25, 0.3) is 0 Å². The second kappa shape index (κ2) is 35.1. The number of rotatable bonds is 41. The molecule has 1 rings (SSSR count). The van der Waals surface area contributed by atoms with Gasteiger partial charge in [-0.2, -0.15) is 16.8 Å². The maximum Gasteiger partial charge on any atom is 0.397 e. The molecule has 0 aromatic heterocycles. The van der Waals surface area contributed by atoms with Gasteiger partial charge in [0.2, 0.25) is 0 Å². The van der Waals surface area contributed by atoms with E-state index >= 15 is 0 Å². The molecule has 0 aliphatic carbocycles. The number of aliphatic hydroxyl groups excluding tert-OH is 2. The van der Waals surface area contributed by atoms with Crippen molar-refractivity contribution in [2.45, 2.75) is 230 Å². The van der Waals surface area contributed by atoms with Gasteiger partial charge in [0.1, 0.15) is 24.4 Å². The zero-order valence-corrected chi connectivity index (χ0v) is 37.1. The topological polar surface area (TPSA) is 205 Å². The standard InChI is InChI=1S/C41H82O14S2/c1-3-5-7-9-11-13-15-17-19-21-23-25-27-29-31-50-33-36(51-32-30-28-26-24-22-20-18-16-14-12-10-8-6-4-2)34-52-41-40(55-57(47,48)49)39(43)38(42)37(54-41)35-53-56(44,45)46/h36-43H,3-35H2,1-2H3,(H,44,45,46)(H,47,48,49)/t36-,37-,38+,39+,40-,41-/m1/s1. The van der Waals surface area contributed by atoms with Gasteiger partial charge in [0.05, 0.1) is 19.8 Å². The van der Waals surface area contributed by atoms with E-state index in [1.165, 1.54) is 141 Å². The van der Waals surface area contributed by atoms with Gasteiger partial charge >= 0.3 is 20.8 Å². The summed E-state index contributed by atoms with van der Waals surface area (Å²) < 4.78 is 95.9. The zero-order valence-electron chi connectivity index (χ0n) is 35.5. The third kappa shape index (κ3) is 32.0. The van der Waals surface area contributed by atoms with Crippen molar-refractivity contribution >= 4 is 20.8 Å². The lowest BCUT2D eigenvalue weighted by molar-refractivity contribution is -0.299. The summed E-state index contributed by atoms with van der Waals surface area (Å²) in [4.78, 5) is 0. The molecule has 0 aromatic rings. The molecule has 0 aromatic carbocycles. The minimum atomic E-state index is -5.14. The number of hydrogen-bond donors (Lipinski definition) is 4. The van der Waals surface area contributed by atoms with E-state index in [9.17, 15) is 31.6 Å². The summed E-state index contributed by atoms with van der Waals surface area (Å²) in [5, 5.41) is 21.0. The number of hydrogen-bond acceptors (Lipinski definition) is 12. The summed E-state index contributed by atoms with van der Waals surface area (Å²) in [5.74, 6) is 0. The van der Waals surface area contributed by atoms with E-state index in [1.54, 1.807) is 0 Å². The van der Waals surface area contributed by atoms with Crippen LogP contribution in [0, 0.1) is 0 Å². The van der Waals surface area contributed by atoms with Crippen LogP contribution in [0.5, 0.6) is 0 Å². The molecule has 0 bridgehead atoms. The van der Waals surface area contributed by atoms with Crippen LogP contribution in [0.25, 0.3) is 0 Å². The van der Waals surface area contributed by atoms with Crippen molar-refractivity contribution in [3.05, 3.63) is 0 Å². The molecule has 1 saturated heterocycles. The lowest BCUT2D eigenvalue weighted by Gasteiger charge is -2.41. The van der Waals surface area contributed by atoms with Crippen molar-refractivity contribution in [2.24, 2.45) is 0 Å². The summed E-state index contributed by atoms with van der Waals surface area (Å²) in [6.07, 6.45) is 25.0. The highest BCUT2D eigenvalue weighted by atomic mass is 32.3. The Bertz CT molecular complexity index is 1120. The number of aliphatic hydroxyl groups is 2. The van der Waals surface area contributed by atoms with Gasteiger partial charge in [-0.25, -0.2) is 8.37 Å². The molecule has 0 saturated carbocycles. The highest BCUT2D eigenvalue weighted by molar-refractivity contribution is 7.81. The molecule has 4 N–H and O–H groups in total. The molecule has 0 radical (unpaired) electrons. The van der Waals surface area contributed by atoms with Crippen LogP contribution in [0.3, 0.4) is 0 Å². The Balaban J connectivity index is 2.54. The van der Waals surface area contributed by atoms with Crippen LogP contribution >= 0.6 is 0 Å². The van der Waals surface area contributed by atoms with Crippen molar-refractivity contribution < 1.29 is 63.5 Å². The zero-order chi connectivity index (χ0) is 42.0. The lowest BCUT2D eigenvalue weighted by atomic mass is 9.99. The van der Waals surface area contributed by atoms with Crippen molar-refractivity contribution in [3.8, 4) is 0 Å². The van der Waals surface area contributed by atoms with Crippen molar-refractivity contribution in [1.82, 2.24) is 0 Å². The second-order valence-corrected chi connectivity index (χ2v) is 18.0. The Morgan fingerprint density at radius 2 is 0.930 bits per heavy atom. The van der Waals surface area contributed by atoms with Gasteiger partial charge in [0.15, 0.2) is 12.4 Å². The monoisotopic (exact) mass is 863 g/mol. The average molecular weight is 863 g/mol. The molecule has 0 spiro atoms. The molecule has 16 heteroatoms. The van der Waals surface area contributed by atoms with E-state index < -0.39 is 64.2 Å².